The quantitative estimate of drug-likeness (QED) is 0.755. The van der Waals surface area contributed by atoms with Crippen molar-refractivity contribution in [2.45, 2.75) is 13.5 Å². The van der Waals surface area contributed by atoms with Crippen molar-refractivity contribution in [1.29, 1.82) is 0 Å². The molecule has 2 heterocycles. The highest BCUT2D eigenvalue weighted by Crippen LogP contribution is 2.28. The summed E-state index contributed by atoms with van der Waals surface area (Å²) >= 11 is 6.10. The van der Waals surface area contributed by atoms with Crippen molar-refractivity contribution < 1.29 is 9.90 Å². The number of carbonyl (C=O) groups is 1. The second-order valence-electron chi connectivity index (χ2n) is 4.52. The van der Waals surface area contributed by atoms with Crippen molar-refractivity contribution in [3.63, 3.8) is 0 Å². The molecule has 3 rings (SSSR count). The number of aromatic hydroxyl groups is 1. The number of hydrogen-bond acceptors (Lipinski definition) is 4. The SMILES string of the molecule is CCn1ncc(C(=O)c2ccc(Cl)c3ncccc23)c1O. The minimum absolute atomic E-state index is 0.130. The average Bonchev–Trinajstić information content (AvgIpc) is 2.88. The molecular formula is C15H12ClN3O2. The van der Waals surface area contributed by atoms with Crippen molar-refractivity contribution in [1.82, 2.24) is 14.8 Å². The summed E-state index contributed by atoms with van der Waals surface area (Å²) in [6.07, 6.45) is 2.99. The van der Waals surface area contributed by atoms with Crippen LogP contribution >= 0.6 is 11.6 Å². The second kappa shape index (κ2) is 5.18. The minimum Gasteiger partial charge on any atom is -0.493 e. The van der Waals surface area contributed by atoms with Gasteiger partial charge in [0.2, 0.25) is 11.7 Å². The molecule has 0 atom stereocenters. The number of rotatable bonds is 3. The maximum atomic E-state index is 12.6. The minimum atomic E-state index is -0.304. The smallest absolute Gasteiger partial charge is 0.220 e. The van der Waals surface area contributed by atoms with Gasteiger partial charge >= 0.3 is 0 Å². The van der Waals surface area contributed by atoms with Crippen molar-refractivity contribution in [3.8, 4) is 5.88 Å². The molecule has 0 spiro atoms. The molecule has 6 heteroatoms. The maximum Gasteiger partial charge on any atom is 0.220 e. The molecular weight excluding hydrogens is 290 g/mol. The lowest BCUT2D eigenvalue weighted by Crippen LogP contribution is -2.03. The van der Waals surface area contributed by atoms with E-state index in [1.165, 1.54) is 10.9 Å². The monoisotopic (exact) mass is 301 g/mol. The van der Waals surface area contributed by atoms with E-state index in [4.69, 9.17) is 11.6 Å². The first-order chi connectivity index (χ1) is 10.1. The van der Waals surface area contributed by atoms with Crippen molar-refractivity contribution in [2.24, 2.45) is 0 Å². The molecule has 0 aliphatic carbocycles. The van der Waals surface area contributed by atoms with Crippen LogP contribution in [-0.4, -0.2) is 25.7 Å². The fourth-order valence-corrected chi connectivity index (χ4v) is 2.47. The molecule has 0 aliphatic heterocycles. The highest BCUT2D eigenvalue weighted by Gasteiger charge is 2.20. The van der Waals surface area contributed by atoms with Gasteiger partial charge in [-0.1, -0.05) is 17.7 Å². The summed E-state index contributed by atoms with van der Waals surface area (Å²) < 4.78 is 1.36. The molecule has 0 fully saturated rings. The number of aromatic nitrogens is 3. The Balaban J connectivity index is 2.18. The van der Waals surface area contributed by atoms with Crippen LogP contribution in [-0.2, 0) is 6.54 Å². The number of benzene rings is 1. The Morgan fingerprint density at radius 1 is 1.33 bits per heavy atom. The van der Waals surface area contributed by atoms with Crippen LogP contribution in [0.15, 0.2) is 36.7 Å². The molecule has 1 aromatic carbocycles. The topological polar surface area (TPSA) is 68.0 Å². The van der Waals surface area contributed by atoms with Crippen molar-refractivity contribution in [3.05, 3.63) is 52.8 Å². The van der Waals surface area contributed by atoms with Crippen LogP contribution in [0.5, 0.6) is 5.88 Å². The van der Waals surface area contributed by atoms with E-state index in [1.54, 1.807) is 30.5 Å². The summed E-state index contributed by atoms with van der Waals surface area (Å²) in [6, 6.07) is 6.79. The van der Waals surface area contributed by atoms with Gasteiger partial charge in [-0.25, -0.2) is 4.68 Å². The number of carbonyl (C=O) groups excluding carboxylic acids is 1. The third-order valence-electron chi connectivity index (χ3n) is 3.32. The van der Waals surface area contributed by atoms with E-state index in [2.05, 4.69) is 10.1 Å². The molecule has 0 bridgehead atoms. The lowest BCUT2D eigenvalue weighted by Gasteiger charge is -2.06. The largest absolute Gasteiger partial charge is 0.493 e. The number of aryl methyl sites for hydroxylation is 1. The third-order valence-corrected chi connectivity index (χ3v) is 3.63. The Hall–Kier alpha value is -2.40. The summed E-state index contributed by atoms with van der Waals surface area (Å²) in [5.41, 5.74) is 1.17. The lowest BCUT2D eigenvalue weighted by molar-refractivity contribution is 0.103. The van der Waals surface area contributed by atoms with Crippen molar-refractivity contribution >= 4 is 28.3 Å². The van der Waals surface area contributed by atoms with E-state index in [1.807, 2.05) is 6.92 Å². The zero-order valence-electron chi connectivity index (χ0n) is 11.2. The van der Waals surface area contributed by atoms with Gasteiger partial charge in [-0.2, -0.15) is 5.10 Å². The molecule has 0 saturated carbocycles. The Bertz CT molecular complexity index is 842. The summed E-state index contributed by atoms with van der Waals surface area (Å²) in [5.74, 6) is -0.434. The third kappa shape index (κ3) is 2.15. The van der Waals surface area contributed by atoms with E-state index in [0.29, 0.717) is 28.0 Å². The number of ketones is 1. The van der Waals surface area contributed by atoms with Crippen LogP contribution in [0.3, 0.4) is 0 Å². The van der Waals surface area contributed by atoms with Gasteiger partial charge in [0.05, 0.1) is 16.7 Å². The van der Waals surface area contributed by atoms with Crippen LogP contribution in [0.2, 0.25) is 5.02 Å². The molecule has 0 saturated heterocycles. The first-order valence-electron chi connectivity index (χ1n) is 6.46. The Morgan fingerprint density at radius 2 is 2.14 bits per heavy atom. The molecule has 106 valence electrons. The molecule has 1 N–H and O–H groups in total. The standard InChI is InChI=1S/C15H12ClN3O2/c1-2-19-15(21)11(8-18-19)14(20)10-5-6-12(16)13-9(10)4-3-7-17-13/h3-8,21H,2H2,1H3. The summed E-state index contributed by atoms with van der Waals surface area (Å²) in [4.78, 5) is 16.8. The first-order valence-corrected chi connectivity index (χ1v) is 6.84. The summed E-state index contributed by atoms with van der Waals surface area (Å²) in [6.45, 7) is 2.32. The predicted molar refractivity (Wildman–Crippen MR) is 79.8 cm³/mol. The van der Waals surface area contributed by atoms with E-state index in [9.17, 15) is 9.90 Å². The van der Waals surface area contributed by atoms with Crippen LogP contribution in [0.4, 0.5) is 0 Å². The summed E-state index contributed by atoms with van der Waals surface area (Å²) in [5, 5.41) is 15.1. The average molecular weight is 302 g/mol. The van der Waals surface area contributed by atoms with E-state index in [-0.39, 0.29) is 17.2 Å². The van der Waals surface area contributed by atoms with Gasteiger partial charge in [-0.05, 0) is 25.1 Å². The van der Waals surface area contributed by atoms with Gasteiger partial charge in [0.25, 0.3) is 0 Å². The van der Waals surface area contributed by atoms with Gasteiger partial charge in [0.1, 0.15) is 5.56 Å². The second-order valence-corrected chi connectivity index (χ2v) is 4.93. The molecule has 3 aromatic rings. The van der Waals surface area contributed by atoms with Gasteiger partial charge in [-0.3, -0.25) is 9.78 Å². The number of pyridine rings is 1. The number of halogens is 1. The molecule has 0 unspecified atom stereocenters. The van der Waals surface area contributed by atoms with Crippen molar-refractivity contribution in [2.75, 3.05) is 0 Å². The Labute approximate surface area is 125 Å². The van der Waals surface area contributed by atoms with Gasteiger partial charge in [0.15, 0.2) is 0 Å². The van der Waals surface area contributed by atoms with Crippen LogP contribution in [0.1, 0.15) is 22.8 Å². The van der Waals surface area contributed by atoms with E-state index < -0.39 is 0 Å². The predicted octanol–water partition coefficient (Wildman–Crippen LogP) is 3.04. The van der Waals surface area contributed by atoms with Gasteiger partial charge in [0, 0.05) is 23.7 Å². The highest BCUT2D eigenvalue weighted by atomic mass is 35.5. The number of fused-ring (bicyclic) bond motifs is 1. The molecule has 5 nitrogen and oxygen atoms in total. The fraction of sp³-hybridized carbons (Fsp3) is 0.133. The molecule has 0 radical (unpaired) electrons. The van der Waals surface area contributed by atoms with E-state index >= 15 is 0 Å². The molecule has 21 heavy (non-hydrogen) atoms. The maximum absolute atomic E-state index is 12.6. The summed E-state index contributed by atoms with van der Waals surface area (Å²) in [7, 11) is 0. The van der Waals surface area contributed by atoms with Gasteiger partial charge in [-0.15, -0.1) is 0 Å². The molecule has 0 aliphatic rings. The Morgan fingerprint density at radius 3 is 2.86 bits per heavy atom. The van der Waals surface area contributed by atoms with Gasteiger partial charge < -0.3 is 5.11 Å². The first kappa shape index (κ1) is 13.6. The van der Waals surface area contributed by atoms with Crippen LogP contribution in [0.25, 0.3) is 10.9 Å². The molecule has 0 amide bonds. The van der Waals surface area contributed by atoms with E-state index in [0.717, 1.165) is 0 Å². The number of hydrogen-bond donors (Lipinski definition) is 1. The highest BCUT2D eigenvalue weighted by molar-refractivity contribution is 6.36. The van der Waals surface area contributed by atoms with Crippen LogP contribution < -0.4 is 0 Å². The Kier molecular flexibility index (Phi) is 3.35. The fourth-order valence-electron chi connectivity index (χ4n) is 2.25. The normalized spacial score (nSPS) is 11.0. The zero-order valence-corrected chi connectivity index (χ0v) is 12.0. The number of nitrogens with zero attached hydrogens (tertiary/aromatic N) is 3. The lowest BCUT2D eigenvalue weighted by atomic mass is 10.0. The van der Waals surface area contributed by atoms with Crippen LogP contribution in [0, 0.1) is 0 Å². The molecule has 2 aromatic heterocycles. The zero-order chi connectivity index (χ0) is 15.0.